The van der Waals surface area contributed by atoms with Crippen LogP contribution in [0.5, 0.6) is 0 Å². The number of nitrogens with two attached hydrogens (primary N) is 1. The first kappa shape index (κ1) is 11.6. The molecule has 2 nitrogen and oxygen atoms in total. The van der Waals surface area contributed by atoms with Crippen molar-refractivity contribution in [3.05, 3.63) is 50.6 Å². The first-order valence-electron chi connectivity index (χ1n) is 4.90. The van der Waals surface area contributed by atoms with Crippen molar-refractivity contribution in [1.29, 1.82) is 0 Å². The van der Waals surface area contributed by atoms with Gasteiger partial charge in [-0.3, -0.25) is 0 Å². The summed E-state index contributed by atoms with van der Waals surface area (Å²) >= 11 is 5.16. The number of halogens is 1. The Labute approximate surface area is 107 Å². The molecule has 2 rings (SSSR count). The SMILES string of the molecule is Nc1cccc(COCc2cccs2)c1Br. The van der Waals surface area contributed by atoms with Gasteiger partial charge in [-0.2, -0.15) is 0 Å². The normalized spacial score (nSPS) is 10.6. The number of thiophene rings is 1. The highest BCUT2D eigenvalue weighted by Gasteiger charge is 2.03. The third-order valence-electron chi connectivity index (χ3n) is 2.19. The molecule has 1 aromatic heterocycles. The van der Waals surface area contributed by atoms with Crippen LogP contribution in [0.15, 0.2) is 40.2 Å². The quantitative estimate of drug-likeness (QED) is 0.871. The highest BCUT2D eigenvalue weighted by Crippen LogP contribution is 2.24. The predicted molar refractivity (Wildman–Crippen MR) is 71.4 cm³/mol. The summed E-state index contributed by atoms with van der Waals surface area (Å²) in [5.74, 6) is 0. The number of nitrogen functional groups attached to an aromatic ring is 1. The van der Waals surface area contributed by atoms with Gasteiger partial charge in [-0.1, -0.05) is 18.2 Å². The van der Waals surface area contributed by atoms with Crippen LogP contribution in [0.1, 0.15) is 10.4 Å². The molecule has 0 radical (unpaired) electrons. The summed E-state index contributed by atoms with van der Waals surface area (Å²) in [5, 5.41) is 2.05. The molecule has 1 heterocycles. The summed E-state index contributed by atoms with van der Waals surface area (Å²) < 4.78 is 6.56. The zero-order valence-corrected chi connectivity index (χ0v) is 11.1. The van der Waals surface area contributed by atoms with Crippen LogP contribution < -0.4 is 5.73 Å². The Morgan fingerprint density at radius 1 is 1.19 bits per heavy atom. The van der Waals surface area contributed by atoms with Gasteiger partial charge < -0.3 is 10.5 Å². The summed E-state index contributed by atoms with van der Waals surface area (Å²) in [6, 6.07) is 9.91. The maximum absolute atomic E-state index is 5.79. The molecule has 2 N–H and O–H groups in total. The summed E-state index contributed by atoms with van der Waals surface area (Å²) in [4.78, 5) is 1.24. The third kappa shape index (κ3) is 2.84. The fraction of sp³-hybridized carbons (Fsp3) is 0.167. The molecule has 0 amide bonds. The number of hydrogen-bond acceptors (Lipinski definition) is 3. The fourth-order valence-corrected chi connectivity index (χ4v) is 2.39. The smallest absolute Gasteiger partial charge is 0.0813 e. The van der Waals surface area contributed by atoms with Crippen LogP contribution in [-0.4, -0.2) is 0 Å². The maximum Gasteiger partial charge on any atom is 0.0813 e. The summed E-state index contributed by atoms with van der Waals surface area (Å²) in [5.41, 5.74) is 7.61. The second-order valence-electron chi connectivity index (χ2n) is 3.39. The van der Waals surface area contributed by atoms with Crippen molar-refractivity contribution in [2.45, 2.75) is 13.2 Å². The first-order valence-corrected chi connectivity index (χ1v) is 6.57. The van der Waals surface area contributed by atoms with E-state index in [1.165, 1.54) is 4.88 Å². The molecule has 0 fully saturated rings. The van der Waals surface area contributed by atoms with Crippen LogP contribution >= 0.6 is 27.3 Å². The lowest BCUT2D eigenvalue weighted by Crippen LogP contribution is -1.96. The molecule has 0 bridgehead atoms. The molecule has 0 saturated heterocycles. The van der Waals surface area contributed by atoms with Gasteiger partial charge in [0.05, 0.1) is 13.2 Å². The molecule has 0 aliphatic carbocycles. The predicted octanol–water partition coefficient (Wildman–Crippen LogP) is 3.81. The lowest BCUT2D eigenvalue weighted by atomic mass is 10.2. The van der Waals surface area contributed by atoms with Crippen LogP contribution in [0.25, 0.3) is 0 Å². The standard InChI is InChI=1S/C12H12BrNOS/c13-12-9(3-1-5-11(12)14)7-15-8-10-4-2-6-16-10/h1-6H,7-8,14H2. The monoisotopic (exact) mass is 297 g/mol. The molecular weight excluding hydrogens is 286 g/mol. The fourth-order valence-electron chi connectivity index (χ4n) is 1.37. The van der Waals surface area contributed by atoms with Gasteiger partial charge in [-0.25, -0.2) is 0 Å². The van der Waals surface area contributed by atoms with Gasteiger partial charge in [0, 0.05) is 15.0 Å². The Morgan fingerprint density at radius 2 is 2.06 bits per heavy atom. The molecule has 0 atom stereocenters. The number of anilines is 1. The van der Waals surface area contributed by atoms with Gasteiger partial charge in [-0.15, -0.1) is 11.3 Å². The molecule has 16 heavy (non-hydrogen) atoms. The van der Waals surface area contributed by atoms with E-state index in [1.54, 1.807) is 11.3 Å². The zero-order valence-electron chi connectivity index (χ0n) is 8.65. The number of ether oxygens (including phenoxy) is 1. The third-order valence-corrected chi connectivity index (χ3v) is 4.01. The van der Waals surface area contributed by atoms with Gasteiger partial charge in [0.1, 0.15) is 0 Å². The van der Waals surface area contributed by atoms with E-state index in [9.17, 15) is 0 Å². The Morgan fingerprint density at radius 3 is 2.81 bits per heavy atom. The van der Waals surface area contributed by atoms with Gasteiger partial charge in [0.2, 0.25) is 0 Å². The van der Waals surface area contributed by atoms with Gasteiger partial charge in [-0.05, 0) is 39.0 Å². The molecule has 2 aromatic rings. The average molecular weight is 298 g/mol. The number of benzene rings is 1. The number of hydrogen-bond donors (Lipinski definition) is 1. The Hall–Kier alpha value is -0.840. The minimum atomic E-state index is 0.573. The highest BCUT2D eigenvalue weighted by atomic mass is 79.9. The number of rotatable bonds is 4. The Balaban J connectivity index is 1.92. The van der Waals surface area contributed by atoms with Crippen LogP contribution in [0, 0.1) is 0 Å². The molecule has 1 aromatic carbocycles. The van der Waals surface area contributed by atoms with E-state index < -0.39 is 0 Å². The van der Waals surface area contributed by atoms with Crippen LogP contribution in [0.2, 0.25) is 0 Å². The molecule has 0 unspecified atom stereocenters. The maximum atomic E-state index is 5.79. The lowest BCUT2D eigenvalue weighted by molar-refractivity contribution is 0.109. The van der Waals surface area contributed by atoms with Crippen molar-refractivity contribution in [1.82, 2.24) is 0 Å². The largest absolute Gasteiger partial charge is 0.398 e. The van der Waals surface area contributed by atoms with E-state index in [1.807, 2.05) is 24.3 Å². The van der Waals surface area contributed by atoms with Crippen molar-refractivity contribution in [3.8, 4) is 0 Å². The molecule has 0 aliphatic heterocycles. The van der Waals surface area contributed by atoms with E-state index in [2.05, 4.69) is 27.4 Å². The Kier molecular flexibility index (Phi) is 3.98. The van der Waals surface area contributed by atoms with Gasteiger partial charge in [0.15, 0.2) is 0 Å². The molecular formula is C12H12BrNOS. The van der Waals surface area contributed by atoms with E-state index >= 15 is 0 Å². The van der Waals surface area contributed by atoms with E-state index in [0.717, 1.165) is 15.7 Å². The zero-order chi connectivity index (χ0) is 11.4. The molecule has 4 heteroatoms. The van der Waals surface area contributed by atoms with Crippen molar-refractivity contribution in [2.24, 2.45) is 0 Å². The van der Waals surface area contributed by atoms with Crippen molar-refractivity contribution in [2.75, 3.05) is 5.73 Å². The second-order valence-corrected chi connectivity index (χ2v) is 5.22. The minimum Gasteiger partial charge on any atom is -0.398 e. The summed E-state index contributed by atoms with van der Waals surface area (Å²) in [6.07, 6.45) is 0. The molecule has 0 spiro atoms. The summed E-state index contributed by atoms with van der Waals surface area (Å²) in [7, 11) is 0. The van der Waals surface area contributed by atoms with Crippen molar-refractivity contribution >= 4 is 33.0 Å². The first-order chi connectivity index (χ1) is 7.77. The van der Waals surface area contributed by atoms with Crippen LogP contribution in [0.3, 0.4) is 0 Å². The second kappa shape index (κ2) is 5.48. The molecule has 84 valence electrons. The molecule has 0 saturated carbocycles. The van der Waals surface area contributed by atoms with Gasteiger partial charge >= 0.3 is 0 Å². The van der Waals surface area contributed by atoms with Crippen LogP contribution in [-0.2, 0) is 18.0 Å². The van der Waals surface area contributed by atoms with E-state index in [-0.39, 0.29) is 0 Å². The molecule has 0 aliphatic rings. The topological polar surface area (TPSA) is 35.2 Å². The van der Waals surface area contributed by atoms with Crippen LogP contribution in [0.4, 0.5) is 5.69 Å². The van der Waals surface area contributed by atoms with E-state index in [0.29, 0.717) is 13.2 Å². The Bertz CT molecular complexity index is 456. The summed E-state index contributed by atoms with van der Waals surface area (Å²) in [6.45, 7) is 1.22. The van der Waals surface area contributed by atoms with Crippen molar-refractivity contribution < 1.29 is 4.74 Å². The van der Waals surface area contributed by atoms with Crippen molar-refractivity contribution in [3.63, 3.8) is 0 Å². The van der Waals surface area contributed by atoms with E-state index in [4.69, 9.17) is 10.5 Å². The minimum absolute atomic E-state index is 0.573. The lowest BCUT2D eigenvalue weighted by Gasteiger charge is -2.07. The van der Waals surface area contributed by atoms with Gasteiger partial charge in [0.25, 0.3) is 0 Å². The average Bonchev–Trinajstić information content (AvgIpc) is 2.77. The highest BCUT2D eigenvalue weighted by molar-refractivity contribution is 9.10.